The molecular formula is C75H69F2N21O4. The summed E-state index contributed by atoms with van der Waals surface area (Å²) in [5.41, 5.74) is 17.2. The SMILES string of the molecule is CN1CCC(C(=O)Nc2cn[nH]c2-c2nc3ccccc3[nH]2)CC1.Cc1cc(C)c(C(=O)Nc2cn[nH]c2-c2nc3ccccc3[nH]2)c(C)c1.Cc1cccc(C)c1C(=O)Nc1cn[nH]c1-c1nc2ccccc2[nH]1.O=C(Nc1cn[nH]c1-c1ncc(-c2ccccc2)[nH]1)c1c(F)cccc1F. The number of rotatable bonds is 13. The van der Waals surface area contributed by atoms with E-state index in [1.807, 2.05) is 168 Å². The molecule has 1 aliphatic heterocycles. The fourth-order valence-corrected chi connectivity index (χ4v) is 12.2. The van der Waals surface area contributed by atoms with Gasteiger partial charge in [-0.2, -0.15) is 20.4 Å². The molecule has 27 heteroatoms. The number of H-pyrrole nitrogens is 8. The highest BCUT2D eigenvalue weighted by Gasteiger charge is 2.27. The average Bonchev–Trinajstić information content (AvgIpc) is 1.66. The fourth-order valence-electron chi connectivity index (χ4n) is 12.2. The third kappa shape index (κ3) is 14.9. The van der Waals surface area contributed by atoms with Gasteiger partial charge in [0.25, 0.3) is 17.7 Å². The molecule has 12 N–H and O–H groups in total. The van der Waals surface area contributed by atoms with Gasteiger partial charge in [-0.1, -0.05) is 109 Å². The van der Waals surface area contributed by atoms with Crippen molar-refractivity contribution in [2.45, 2.75) is 47.5 Å². The zero-order chi connectivity index (χ0) is 71.0. The molecule has 7 aromatic carbocycles. The molecular weight excluding hydrogens is 1300 g/mol. The summed E-state index contributed by atoms with van der Waals surface area (Å²) in [5, 5.41) is 38.9. The van der Waals surface area contributed by atoms with E-state index in [4.69, 9.17) is 0 Å². The summed E-state index contributed by atoms with van der Waals surface area (Å²) in [6.07, 6.45) is 9.59. The maximum Gasteiger partial charge on any atom is 0.261 e. The Morgan fingerprint density at radius 3 is 1.25 bits per heavy atom. The monoisotopic (exact) mass is 1370 g/mol. The van der Waals surface area contributed by atoms with Crippen LogP contribution < -0.4 is 21.3 Å². The Balaban J connectivity index is 0.000000121. The Kier molecular flexibility index (Phi) is 19.7. The molecule has 0 atom stereocenters. The molecule has 16 rings (SSSR count). The first-order valence-corrected chi connectivity index (χ1v) is 32.6. The van der Waals surface area contributed by atoms with Gasteiger partial charge in [-0.05, 0) is 144 Å². The minimum atomic E-state index is -0.943. The van der Waals surface area contributed by atoms with Crippen LogP contribution >= 0.6 is 0 Å². The normalized spacial score (nSPS) is 12.2. The number of anilines is 4. The highest BCUT2D eigenvalue weighted by atomic mass is 19.1. The highest BCUT2D eigenvalue weighted by Crippen LogP contribution is 2.32. The molecule has 0 saturated carbocycles. The first-order valence-electron chi connectivity index (χ1n) is 32.6. The summed E-state index contributed by atoms with van der Waals surface area (Å²) in [6.45, 7) is 11.7. The Morgan fingerprint density at radius 2 is 0.804 bits per heavy atom. The molecule has 8 aromatic heterocycles. The van der Waals surface area contributed by atoms with Crippen molar-refractivity contribution < 1.29 is 28.0 Å². The number of amides is 4. The number of hydrogen-bond donors (Lipinski definition) is 12. The van der Waals surface area contributed by atoms with Gasteiger partial charge in [0.1, 0.15) is 40.0 Å². The van der Waals surface area contributed by atoms with Crippen LogP contribution in [0.2, 0.25) is 0 Å². The molecule has 0 unspecified atom stereocenters. The topological polar surface area (TPSA) is 349 Å². The second-order valence-electron chi connectivity index (χ2n) is 24.5. The zero-order valence-corrected chi connectivity index (χ0v) is 56.1. The minimum Gasteiger partial charge on any atom is -0.337 e. The van der Waals surface area contributed by atoms with Crippen molar-refractivity contribution in [3.05, 3.63) is 239 Å². The Morgan fingerprint density at radius 1 is 0.422 bits per heavy atom. The first kappa shape index (κ1) is 67.3. The Bertz CT molecular complexity index is 5350. The van der Waals surface area contributed by atoms with E-state index in [0.29, 0.717) is 74.3 Å². The van der Waals surface area contributed by atoms with E-state index >= 15 is 0 Å². The van der Waals surface area contributed by atoms with E-state index in [1.165, 1.54) is 12.3 Å². The van der Waals surface area contributed by atoms with Crippen LogP contribution in [-0.2, 0) is 4.79 Å². The number of fused-ring (bicyclic) bond motifs is 3. The molecule has 1 saturated heterocycles. The Hall–Kier alpha value is -13.3. The number of nitrogens with one attached hydrogen (secondary N) is 12. The minimum absolute atomic E-state index is 0.0552. The number of hydrogen-bond acceptors (Lipinski definition) is 13. The van der Waals surface area contributed by atoms with Gasteiger partial charge < -0.3 is 46.1 Å². The van der Waals surface area contributed by atoms with Crippen molar-refractivity contribution in [3.8, 4) is 57.3 Å². The van der Waals surface area contributed by atoms with E-state index in [-0.39, 0.29) is 29.3 Å². The predicted molar refractivity (Wildman–Crippen MR) is 388 cm³/mol. The van der Waals surface area contributed by atoms with Crippen LogP contribution in [0.1, 0.15) is 71.7 Å². The van der Waals surface area contributed by atoms with Gasteiger partial charge in [0, 0.05) is 17.0 Å². The summed E-state index contributed by atoms with van der Waals surface area (Å²) < 4.78 is 27.6. The first-order chi connectivity index (χ1) is 49.5. The lowest BCUT2D eigenvalue weighted by Gasteiger charge is -2.27. The number of halogens is 2. The molecule has 0 radical (unpaired) electrons. The van der Waals surface area contributed by atoms with E-state index in [0.717, 1.165) is 110 Å². The van der Waals surface area contributed by atoms with Gasteiger partial charge >= 0.3 is 0 Å². The zero-order valence-electron chi connectivity index (χ0n) is 56.1. The second kappa shape index (κ2) is 29.8. The summed E-state index contributed by atoms with van der Waals surface area (Å²) in [6, 6.07) is 46.0. The molecule has 0 aliphatic carbocycles. The van der Waals surface area contributed by atoms with Crippen molar-refractivity contribution in [1.29, 1.82) is 0 Å². The lowest BCUT2D eigenvalue weighted by atomic mass is 9.96. The number of para-hydroxylation sites is 6. The van der Waals surface area contributed by atoms with Crippen LogP contribution in [0, 0.1) is 52.2 Å². The van der Waals surface area contributed by atoms with Crippen molar-refractivity contribution in [3.63, 3.8) is 0 Å². The maximum atomic E-state index is 13.8. The molecule has 4 amide bonds. The summed E-state index contributed by atoms with van der Waals surface area (Å²) in [4.78, 5) is 83.5. The number of aromatic amines is 8. The van der Waals surface area contributed by atoms with Crippen molar-refractivity contribution >= 4 is 79.5 Å². The lowest BCUT2D eigenvalue weighted by Crippen LogP contribution is -2.35. The van der Waals surface area contributed by atoms with Crippen molar-refractivity contribution in [2.24, 2.45) is 5.92 Å². The van der Waals surface area contributed by atoms with Gasteiger partial charge in [-0.25, -0.2) is 28.7 Å². The molecule has 1 fully saturated rings. The molecule has 512 valence electrons. The van der Waals surface area contributed by atoms with Crippen LogP contribution in [0.25, 0.3) is 90.4 Å². The highest BCUT2D eigenvalue weighted by molar-refractivity contribution is 6.09. The van der Waals surface area contributed by atoms with E-state index < -0.39 is 23.1 Å². The van der Waals surface area contributed by atoms with Crippen LogP contribution in [0.3, 0.4) is 0 Å². The number of piperidine rings is 1. The number of carbonyl (C=O) groups excluding carboxylic acids is 4. The number of nitrogens with zero attached hydrogens (tertiary/aromatic N) is 9. The third-order valence-electron chi connectivity index (χ3n) is 17.2. The fraction of sp³-hybridized carbons (Fsp3) is 0.147. The van der Waals surface area contributed by atoms with E-state index in [9.17, 15) is 28.0 Å². The summed E-state index contributed by atoms with van der Waals surface area (Å²) in [5.74, 6) is -0.628. The molecule has 25 nitrogen and oxygen atoms in total. The molecule has 15 aromatic rings. The van der Waals surface area contributed by atoms with Gasteiger partial charge in [0.05, 0.1) is 92.5 Å². The van der Waals surface area contributed by atoms with Crippen molar-refractivity contribution in [2.75, 3.05) is 41.4 Å². The third-order valence-corrected chi connectivity index (χ3v) is 17.2. The number of likely N-dealkylation sites (tertiary alicyclic amines) is 1. The number of imidazole rings is 4. The molecule has 0 spiro atoms. The summed E-state index contributed by atoms with van der Waals surface area (Å²) >= 11 is 0. The van der Waals surface area contributed by atoms with Gasteiger partial charge in [-0.3, -0.25) is 39.6 Å². The van der Waals surface area contributed by atoms with Gasteiger partial charge in [0.2, 0.25) is 5.91 Å². The standard InChI is InChI=1S/C20H19N5O.C19H13F2N5O.C19H17N5O.C17H20N6O/c1-11-8-12(2)17(13(3)9-11)20(26)24-16-10-21-25-18(16)19-22-14-6-4-5-7-15(14)23-19;20-12-7-4-8-13(21)16(12)19(27)25-15-10-23-26-17(15)18-22-9-14(24-18)11-5-2-1-3-6-11;1-11-6-5-7-12(2)16(11)19(25)23-15-10-20-24-17(15)18-21-13-8-3-4-9-14(13)22-18;1-23-8-6-11(7-9-23)17(24)21-14-10-18-22-15(14)16-19-12-4-2-3-5-13(12)20-16/h4-10H,1-3H3,(H,21,25)(H,22,23)(H,24,26);1-10H,(H,22,24)(H,23,26)(H,25,27);3-10H,1-2H3,(H,20,24)(H,21,22)(H,23,25);2-5,10-11H,6-9H2,1H3,(H,18,22)(H,19,20)(H,21,24). The quantitative estimate of drug-likeness (QED) is 0.0511. The second-order valence-corrected chi connectivity index (χ2v) is 24.5. The Labute approximate surface area is 581 Å². The molecule has 9 heterocycles. The number of carbonyl (C=O) groups is 4. The molecule has 102 heavy (non-hydrogen) atoms. The maximum absolute atomic E-state index is 13.8. The van der Waals surface area contributed by atoms with E-state index in [2.05, 4.69) is 114 Å². The van der Waals surface area contributed by atoms with Crippen molar-refractivity contribution in [1.82, 2.24) is 85.6 Å². The number of benzene rings is 7. The van der Waals surface area contributed by atoms with Gasteiger partial charge in [-0.15, -0.1) is 0 Å². The molecule has 0 bridgehead atoms. The lowest BCUT2D eigenvalue weighted by molar-refractivity contribution is -0.121. The number of aryl methyl sites for hydroxylation is 5. The van der Waals surface area contributed by atoms with Crippen LogP contribution in [0.15, 0.2) is 183 Å². The summed E-state index contributed by atoms with van der Waals surface area (Å²) in [7, 11) is 2.09. The molecule has 1 aliphatic rings. The smallest absolute Gasteiger partial charge is 0.261 e. The number of aromatic nitrogens is 16. The predicted octanol–water partition coefficient (Wildman–Crippen LogP) is 14.2. The average molecular weight is 1370 g/mol. The van der Waals surface area contributed by atoms with E-state index in [1.54, 1.807) is 24.8 Å². The van der Waals surface area contributed by atoms with Crippen LogP contribution in [0.5, 0.6) is 0 Å². The largest absolute Gasteiger partial charge is 0.337 e. The van der Waals surface area contributed by atoms with Gasteiger partial charge in [0.15, 0.2) is 23.3 Å². The van der Waals surface area contributed by atoms with Crippen LogP contribution in [0.4, 0.5) is 31.5 Å². The van der Waals surface area contributed by atoms with Crippen LogP contribution in [-0.4, -0.2) is 129 Å².